The van der Waals surface area contributed by atoms with Crippen LogP contribution < -0.4 is 10.6 Å². The first-order valence-electron chi connectivity index (χ1n) is 10.9. The zero-order valence-electron chi connectivity index (χ0n) is 19.0. The Bertz CT molecular complexity index is 879. The lowest BCUT2D eigenvalue weighted by Crippen LogP contribution is -2.47. The number of thiazole rings is 1. The Morgan fingerprint density at radius 3 is 2.56 bits per heavy atom. The number of morpholine rings is 1. The van der Waals surface area contributed by atoms with Crippen LogP contribution in [0.5, 0.6) is 0 Å². The summed E-state index contributed by atoms with van der Waals surface area (Å²) in [4.78, 5) is 31.9. The van der Waals surface area contributed by atoms with Crippen LogP contribution >= 0.6 is 11.3 Å². The number of alkyl carbamates (subject to hydrolysis) is 1. The number of rotatable bonds is 8. The van der Waals surface area contributed by atoms with Gasteiger partial charge in [0.1, 0.15) is 12.6 Å². The second-order valence-corrected chi connectivity index (χ2v) is 9.37. The number of anilines is 1. The van der Waals surface area contributed by atoms with Crippen molar-refractivity contribution in [3.8, 4) is 0 Å². The van der Waals surface area contributed by atoms with Crippen LogP contribution in [-0.2, 0) is 27.4 Å². The Balaban J connectivity index is 1.51. The predicted molar refractivity (Wildman–Crippen MR) is 124 cm³/mol. The Kier molecular flexibility index (Phi) is 8.60. The molecule has 174 valence electrons. The SMILES string of the molecule is CC1CN(Cc2csc(NC(=O)[C@@H](NC(=O)OCc3ccccc3)C(C)C)n2)CC(C)O1. The van der Waals surface area contributed by atoms with Crippen molar-refractivity contribution in [2.24, 2.45) is 5.92 Å². The summed E-state index contributed by atoms with van der Waals surface area (Å²) in [5.74, 6) is -0.429. The molecule has 1 aromatic heterocycles. The van der Waals surface area contributed by atoms with Gasteiger partial charge in [-0.2, -0.15) is 0 Å². The molecule has 9 heteroatoms. The van der Waals surface area contributed by atoms with Crippen LogP contribution in [0.15, 0.2) is 35.7 Å². The third-order valence-corrected chi connectivity index (χ3v) is 5.90. The quantitative estimate of drug-likeness (QED) is 0.625. The molecule has 2 amide bonds. The normalized spacial score (nSPS) is 20.0. The van der Waals surface area contributed by atoms with Gasteiger partial charge in [-0.15, -0.1) is 11.3 Å². The zero-order valence-corrected chi connectivity index (χ0v) is 19.9. The lowest BCUT2D eigenvalue weighted by molar-refractivity contribution is -0.119. The van der Waals surface area contributed by atoms with E-state index in [2.05, 4.69) is 34.4 Å². The van der Waals surface area contributed by atoms with Gasteiger partial charge < -0.3 is 20.1 Å². The van der Waals surface area contributed by atoms with Gasteiger partial charge in [0.25, 0.3) is 0 Å². The maximum absolute atomic E-state index is 12.8. The standard InChI is InChI=1S/C23H32N4O4S/c1-15(2)20(25-23(29)30-13-18-8-6-5-7-9-18)21(28)26-22-24-19(14-32-22)12-27-10-16(3)31-17(4)11-27/h5-9,14-17,20H,10-13H2,1-4H3,(H,25,29)(H,24,26,28)/t16?,17?,20-/m0/s1. The molecule has 32 heavy (non-hydrogen) atoms. The molecule has 3 atom stereocenters. The monoisotopic (exact) mass is 460 g/mol. The summed E-state index contributed by atoms with van der Waals surface area (Å²) in [7, 11) is 0. The highest BCUT2D eigenvalue weighted by Crippen LogP contribution is 2.20. The Morgan fingerprint density at radius 1 is 1.22 bits per heavy atom. The fraction of sp³-hybridized carbons (Fsp3) is 0.522. The summed E-state index contributed by atoms with van der Waals surface area (Å²) in [5.41, 5.74) is 1.79. The molecule has 2 aromatic rings. The molecule has 2 N–H and O–H groups in total. The molecule has 1 saturated heterocycles. The molecule has 1 aromatic carbocycles. The Labute approximate surface area is 193 Å². The molecule has 0 bridgehead atoms. The van der Waals surface area contributed by atoms with E-state index in [1.807, 2.05) is 49.6 Å². The molecular formula is C23H32N4O4S. The van der Waals surface area contributed by atoms with E-state index in [9.17, 15) is 9.59 Å². The summed E-state index contributed by atoms with van der Waals surface area (Å²) in [6.45, 7) is 10.4. The van der Waals surface area contributed by atoms with Crippen LogP contribution in [0.25, 0.3) is 0 Å². The van der Waals surface area contributed by atoms with Crippen molar-refractivity contribution in [2.75, 3.05) is 18.4 Å². The van der Waals surface area contributed by atoms with Crippen molar-refractivity contribution in [2.45, 2.75) is 59.1 Å². The number of carbonyl (C=O) groups is 2. The van der Waals surface area contributed by atoms with Crippen LogP contribution in [0, 0.1) is 5.92 Å². The van der Waals surface area contributed by atoms with E-state index in [-0.39, 0.29) is 30.6 Å². The third-order valence-electron chi connectivity index (χ3n) is 5.10. The van der Waals surface area contributed by atoms with E-state index < -0.39 is 12.1 Å². The van der Waals surface area contributed by atoms with Crippen molar-refractivity contribution in [1.82, 2.24) is 15.2 Å². The highest BCUT2D eigenvalue weighted by atomic mass is 32.1. The molecule has 1 fully saturated rings. The minimum Gasteiger partial charge on any atom is -0.445 e. The number of benzene rings is 1. The van der Waals surface area contributed by atoms with Crippen molar-refractivity contribution < 1.29 is 19.1 Å². The molecule has 1 aliphatic rings. The van der Waals surface area contributed by atoms with Crippen molar-refractivity contribution in [1.29, 1.82) is 0 Å². The number of ether oxygens (including phenoxy) is 2. The van der Waals surface area contributed by atoms with Crippen LogP contribution in [0.2, 0.25) is 0 Å². The molecule has 1 aliphatic heterocycles. The van der Waals surface area contributed by atoms with E-state index in [0.29, 0.717) is 11.7 Å². The summed E-state index contributed by atoms with van der Waals surface area (Å²) >= 11 is 1.38. The molecule has 0 saturated carbocycles. The van der Waals surface area contributed by atoms with E-state index in [1.165, 1.54) is 11.3 Å². The van der Waals surface area contributed by atoms with Gasteiger partial charge in [0, 0.05) is 25.0 Å². The number of nitrogens with one attached hydrogen (secondary N) is 2. The van der Waals surface area contributed by atoms with Crippen LogP contribution in [0.4, 0.5) is 9.93 Å². The number of amides is 2. The smallest absolute Gasteiger partial charge is 0.408 e. The first-order valence-corrected chi connectivity index (χ1v) is 11.8. The van der Waals surface area contributed by atoms with Gasteiger partial charge in [-0.3, -0.25) is 9.69 Å². The molecule has 0 radical (unpaired) electrons. The zero-order chi connectivity index (χ0) is 23.1. The highest BCUT2D eigenvalue weighted by Gasteiger charge is 2.26. The van der Waals surface area contributed by atoms with Crippen molar-refractivity contribution >= 4 is 28.5 Å². The average Bonchev–Trinajstić information content (AvgIpc) is 3.16. The first kappa shape index (κ1) is 24.2. The van der Waals surface area contributed by atoms with Gasteiger partial charge in [-0.05, 0) is 25.3 Å². The molecule has 2 heterocycles. The van der Waals surface area contributed by atoms with Gasteiger partial charge in [0.15, 0.2) is 5.13 Å². The van der Waals surface area contributed by atoms with Crippen molar-refractivity contribution in [3.05, 3.63) is 47.0 Å². The van der Waals surface area contributed by atoms with E-state index in [0.717, 1.165) is 24.3 Å². The van der Waals surface area contributed by atoms with E-state index in [4.69, 9.17) is 9.47 Å². The fourth-order valence-electron chi connectivity index (χ4n) is 3.69. The maximum atomic E-state index is 12.8. The Morgan fingerprint density at radius 2 is 1.91 bits per heavy atom. The average molecular weight is 461 g/mol. The predicted octanol–water partition coefficient (Wildman–Crippen LogP) is 3.64. The molecule has 3 rings (SSSR count). The highest BCUT2D eigenvalue weighted by molar-refractivity contribution is 7.13. The number of nitrogens with zero attached hydrogens (tertiary/aromatic N) is 2. The lowest BCUT2D eigenvalue weighted by Gasteiger charge is -2.34. The third kappa shape index (κ3) is 7.29. The van der Waals surface area contributed by atoms with Crippen LogP contribution in [0.3, 0.4) is 0 Å². The summed E-state index contributed by atoms with van der Waals surface area (Å²) in [6, 6.07) is 8.67. The molecule has 0 spiro atoms. The number of hydrogen-bond acceptors (Lipinski definition) is 7. The Hall–Kier alpha value is -2.49. The van der Waals surface area contributed by atoms with E-state index in [1.54, 1.807) is 0 Å². The number of carbonyl (C=O) groups excluding carboxylic acids is 2. The first-order chi connectivity index (χ1) is 15.3. The number of aromatic nitrogens is 1. The van der Waals surface area contributed by atoms with Gasteiger partial charge in [-0.1, -0.05) is 44.2 Å². The minimum atomic E-state index is -0.730. The molecule has 2 unspecified atom stereocenters. The van der Waals surface area contributed by atoms with Crippen LogP contribution in [0.1, 0.15) is 39.0 Å². The molecule has 0 aliphatic carbocycles. The maximum Gasteiger partial charge on any atom is 0.408 e. The van der Waals surface area contributed by atoms with E-state index >= 15 is 0 Å². The van der Waals surface area contributed by atoms with Gasteiger partial charge in [0.05, 0.1) is 17.9 Å². The summed E-state index contributed by atoms with van der Waals surface area (Å²) in [6.07, 6.45) is -0.245. The summed E-state index contributed by atoms with van der Waals surface area (Å²) < 4.78 is 11.0. The molecular weight excluding hydrogens is 428 g/mol. The topological polar surface area (TPSA) is 92.8 Å². The van der Waals surface area contributed by atoms with Gasteiger partial charge in [0.2, 0.25) is 5.91 Å². The lowest BCUT2D eigenvalue weighted by atomic mass is 10.0. The van der Waals surface area contributed by atoms with Crippen LogP contribution in [-0.4, -0.2) is 53.2 Å². The second-order valence-electron chi connectivity index (χ2n) is 8.51. The number of hydrogen-bond donors (Lipinski definition) is 2. The molecule has 8 nitrogen and oxygen atoms in total. The van der Waals surface area contributed by atoms with Gasteiger partial charge >= 0.3 is 6.09 Å². The minimum absolute atomic E-state index is 0.116. The largest absolute Gasteiger partial charge is 0.445 e. The fourth-order valence-corrected chi connectivity index (χ4v) is 4.39. The van der Waals surface area contributed by atoms with Gasteiger partial charge in [-0.25, -0.2) is 9.78 Å². The summed E-state index contributed by atoms with van der Waals surface area (Å²) in [5, 5.41) is 7.97. The second kappa shape index (κ2) is 11.4. The van der Waals surface area contributed by atoms with Crippen molar-refractivity contribution in [3.63, 3.8) is 0 Å².